The van der Waals surface area contributed by atoms with E-state index in [9.17, 15) is 13.2 Å². The maximum absolute atomic E-state index is 13.7. The highest BCUT2D eigenvalue weighted by Gasteiger charge is 2.31. The van der Waals surface area contributed by atoms with Crippen molar-refractivity contribution in [2.24, 2.45) is 5.73 Å². The second-order valence-corrected chi connectivity index (χ2v) is 4.78. The summed E-state index contributed by atoms with van der Waals surface area (Å²) in [6.45, 7) is 0. The minimum Gasteiger partial charge on any atom is -0.488 e. The quantitative estimate of drug-likeness (QED) is 0.857. The SMILES string of the molecule is NC(c1cc(F)c(F)cc1F)C1Cc2ccccc2O1. The van der Waals surface area contributed by atoms with Crippen LogP contribution in [-0.2, 0) is 6.42 Å². The highest BCUT2D eigenvalue weighted by Crippen LogP contribution is 2.34. The van der Waals surface area contributed by atoms with Crippen LogP contribution in [0.25, 0.3) is 0 Å². The lowest BCUT2D eigenvalue weighted by Crippen LogP contribution is -2.31. The fourth-order valence-electron chi connectivity index (χ4n) is 2.40. The van der Waals surface area contributed by atoms with Crippen molar-refractivity contribution in [1.29, 1.82) is 0 Å². The summed E-state index contributed by atoms with van der Waals surface area (Å²) in [4.78, 5) is 0. The number of nitrogens with two attached hydrogens (primary N) is 1. The van der Waals surface area contributed by atoms with Gasteiger partial charge in [-0.2, -0.15) is 0 Å². The first-order chi connectivity index (χ1) is 9.56. The molecule has 20 heavy (non-hydrogen) atoms. The van der Waals surface area contributed by atoms with Gasteiger partial charge in [-0.15, -0.1) is 0 Å². The van der Waals surface area contributed by atoms with Crippen LogP contribution in [0.1, 0.15) is 17.2 Å². The zero-order valence-electron chi connectivity index (χ0n) is 10.4. The smallest absolute Gasteiger partial charge is 0.161 e. The van der Waals surface area contributed by atoms with Gasteiger partial charge in [0.2, 0.25) is 0 Å². The maximum Gasteiger partial charge on any atom is 0.161 e. The number of benzene rings is 2. The van der Waals surface area contributed by atoms with E-state index >= 15 is 0 Å². The van der Waals surface area contributed by atoms with Crippen LogP contribution in [0.5, 0.6) is 5.75 Å². The number of rotatable bonds is 2. The molecule has 1 aliphatic rings. The number of ether oxygens (including phenoxy) is 1. The summed E-state index contributed by atoms with van der Waals surface area (Å²) < 4.78 is 45.5. The Morgan fingerprint density at radius 2 is 1.75 bits per heavy atom. The van der Waals surface area contributed by atoms with E-state index in [1.807, 2.05) is 18.2 Å². The van der Waals surface area contributed by atoms with Crippen LogP contribution >= 0.6 is 0 Å². The summed E-state index contributed by atoms with van der Waals surface area (Å²) in [5.74, 6) is -2.52. The van der Waals surface area contributed by atoms with Crippen LogP contribution in [0, 0.1) is 17.5 Å². The molecule has 0 radical (unpaired) electrons. The van der Waals surface area contributed by atoms with Gasteiger partial charge in [-0.05, 0) is 17.7 Å². The van der Waals surface area contributed by atoms with Gasteiger partial charge in [0.05, 0.1) is 6.04 Å². The number of hydrogen-bond acceptors (Lipinski definition) is 2. The monoisotopic (exact) mass is 279 g/mol. The topological polar surface area (TPSA) is 35.2 Å². The largest absolute Gasteiger partial charge is 0.488 e. The molecule has 2 aromatic rings. The predicted octanol–water partition coefficient (Wildman–Crippen LogP) is 3.11. The Bertz CT molecular complexity index is 635. The van der Waals surface area contributed by atoms with Crippen molar-refractivity contribution < 1.29 is 17.9 Å². The summed E-state index contributed by atoms with van der Waals surface area (Å²) in [6.07, 6.45) is 0.0160. The third-order valence-electron chi connectivity index (χ3n) is 3.47. The van der Waals surface area contributed by atoms with Crippen molar-refractivity contribution in [1.82, 2.24) is 0 Å². The van der Waals surface area contributed by atoms with E-state index in [4.69, 9.17) is 10.5 Å². The highest BCUT2D eigenvalue weighted by molar-refractivity contribution is 5.38. The summed E-state index contributed by atoms with van der Waals surface area (Å²) >= 11 is 0. The van der Waals surface area contributed by atoms with Crippen molar-refractivity contribution in [3.8, 4) is 5.75 Å². The highest BCUT2D eigenvalue weighted by atomic mass is 19.2. The number of halogens is 3. The van der Waals surface area contributed by atoms with Gasteiger partial charge < -0.3 is 10.5 Å². The van der Waals surface area contributed by atoms with Crippen LogP contribution in [0.3, 0.4) is 0 Å². The van der Waals surface area contributed by atoms with Crippen molar-refractivity contribution in [2.75, 3.05) is 0 Å². The number of para-hydroxylation sites is 1. The average Bonchev–Trinajstić information content (AvgIpc) is 2.86. The molecule has 2 atom stereocenters. The molecule has 0 saturated heterocycles. The predicted molar refractivity (Wildman–Crippen MR) is 67.8 cm³/mol. The Balaban J connectivity index is 1.88. The lowest BCUT2D eigenvalue weighted by molar-refractivity contribution is 0.197. The third kappa shape index (κ3) is 2.14. The average molecular weight is 279 g/mol. The van der Waals surface area contributed by atoms with E-state index in [2.05, 4.69) is 0 Å². The molecule has 0 amide bonds. The van der Waals surface area contributed by atoms with E-state index in [-0.39, 0.29) is 5.56 Å². The Morgan fingerprint density at radius 3 is 2.50 bits per heavy atom. The van der Waals surface area contributed by atoms with Gasteiger partial charge in [0, 0.05) is 18.1 Å². The van der Waals surface area contributed by atoms with E-state index in [0.29, 0.717) is 18.2 Å². The van der Waals surface area contributed by atoms with Gasteiger partial charge in [0.1, 0.15) is 17.7 Å². The van der Waals surface area contributed by atoms with Gasteiger partial charge in [-0.3, -0.25) is 0 Å². The number of hydrogen-bond donors (Lipinski definition) is 1. The summed E-state index contributed by atoms with van der Waals surface area (Å²) in [5, 5.41) is 0. The van der Waals surface area contributed by atoms with Crippen molar-refractivity contribution >= 4 is 0 Å². The molecule has 2 nitrogen and oxygen atoms in total. The van der Waals surface area contributed by atoms with Crippen molar-refractivity contribution in [2.45, 2.75) is 18.6 Å². The second kappa shape index (κ2) is 4.83. The fourth-order valence-corrected chi connectivity index (χ4v) is 2.40. The Kier molecular flexibility index (Phi) is 3.14. The third-order valence-corrected chi connectivity index (χ3v) is 3.47. The molecule has 3 rings (SSSR count). The summed E-state index contributed by atoms with van der Waals surface area (Å²) in [5.41, 5.74) is 6.83. The van der Waals surface area contributed by atoms with Gasteiger partial charge in [0.15, 0.2) is 11.6 Å². The molecule has 0 aromatic heterocycles. The Labute approximate surface area is 114 Å². The summed E-state index contributed by atoms with van der Waals surface area (Å²) in [6, 6.07) is 7.82. The standard InChI is InChI=1S/C15H12F3NO/c16-10-7-12(18)11(17)6-9(10)15(19)14-5-8-3-1-2-4-13(8)20-14/h1-4,6-7,14-15H,5,19H2. The maximum atomic E-state index is 13.7. The van der Waals surface area contributed by atoms with Gasteiger partial charge >= 0.3 is 0 Å². The molecule has 0 aliphatic carbocycles. The minimum atomic E-state index is -1.23. The molecular weight excluding hydrogens is 267 g/mol. The van der Waals surface area contributed by atoms with E-state index < -0.39 is 29.6 Å². The van der Waals surface area contributed by atoms with Crippen LogP contribution in [0.15, 0.2) is 36.4 Å². The van der Waals surface area contributed by atoms with Gasteiger partial charge in [-0.1, -0.05) is 18.2 Å². The van der Waals surface area contributed by atoms with Crippen LogP contribution in [0.4, 0.5) is 13.2 Å². The molecule has 104 valence electrons. The molecule has 0 fully saturated rings. The molecule has 0 bridgehead atoms. The molecule has 2 N–H and O–H groups in total. The lowest BCUT2D eigenvalue weighted by atomic mass is 9.98. The molecule has 1 aliphatic heterocycles. The normalized spacial score (nSPS) is 18.5. The first-order valence-corrected chi connectivity index (χ1v) is 6.21. The molecule has 2 aromatic carbocycles. The van der Waals surface area contributed by atoms with Gasteiger partial charge in [0.25, 0.3) is 0 Å². The Morgan fingerprint density at radius 1 is 1.05 bits per heavy atom. The number of fused-ring (bicyclic) bond motifs is 1. The van der Waals surface area contributed by atoms with E-state index in [0.717, 1.165) is 11.6 Å². The van der Waals surface area contributed by atoms with E-state index in [1.54, 1.807) is 6.07 Å². The fraction of sp³-hybridized carbons (Fsp3) is 0.200. The zero-order valence-corrected chi connectivity index (χ0v) is 10.4. The Hall–Kier alpha value is -2.01. The van der Waals surface area contributed by atoms with Crippen LogP contribution < -0.4 is 10.5 Å². The molecule has 1 heterocycles. The molecule has 2 unspecified atom stereocenters. The molecule has 0 saturated carbocycles. The van der Waals surface area contributed by atoms with Crippen molar-refractivity contribution in [3.05, 3.63) is 65.0 Å². The molecular formula is C15H12F3NO. The second-order valence-electron chi connectivity index (χ2n) is 4.78. The lowest BCUT2D eigenvalue weighted by Gasteiger charge is -2.20. The van der Waals surface area contributed by atoms with Crippen LogP contribution in [0.2, 0.25) is 0 Å². The minimum absolute atomic E-state index is 0.0818. The first-order valence-electron chi connectivity index (χ1n) is 6.21. The van der Waals surface area contributed by atoms with Crippen molar-refractivity contribution in [3.63, 3.8) is 0 Å². The van der Waals surface area contributed by atoms with E-state index in [1.165, 1.54) is 0 Å². The van der Waals surface area contributed by atoms with Gasteiger partial charge in [-0.25, -0.2) is 13.2 Å². The molecule has 5 heteroatoms. The summed E-state index contributed by atoms with van der Waals surface area (Å²) in [7, 11) is 0. The zero-order chi connectivity index (χ0) is 14.3. The molecule has 0 spiro atoms. The first kappa shape index (κ1) is 13.0. The van der Waals surface area contributed by atoms with Crippen LogP contribution in [-0.4, -0.2) is 6.10 Å².